The fourth-order valence-corrected chi connectivity index (χ4v) is 4.28. The molecule has 0 bridgehead atoms. The van der Waals surface area contributed by atoms with Crippen LogP contribution in [0.4, 0.5) is 15.9 Å². The Kier molecular flexibility index (Phi) is 8.35. The smallest absolute Gasteiger partial charge is 0.330 e. The van der Waals surface area contributed by atoms with E-state index in [2.05, 4.69) is 4.98 Å². The van der Waals surface area contributed by atoms with Gasteiger partial charge in [0.25, 0.3) is 5.56 Å². The van der Waals surface area contributed by atoms with Crippen molar-refractivity contribution in [2.75, 3.05) is 22.9 Å². The van der Waals surface area contributed by atoms with Gasteiger partial charge in [-0.3, -0.25) is 19.1 Å². The third kappa shape index (κ3) is 6.06. The maximum atomic E-state index is 13.4. The van der Waals surface area contributed by atoms with Crippen LogP contribution in [0, 0.1) is 5.82 Å². The second-order valence-corrected chi connectivity index (χ2v) is 8.78. The Morgan fingerprint density at radius 2 is 1.94 bits per heavy atom. The maximum Gasteiger partial charge on any atom is 0.330 e. The molecular weight excluding hydrogens is 467 g/mol. The van der Waals surface area contributed by atoms with E-state index in [9.17, 15) is 18.8 Å². The first-order chi connectivity index (χ1) is 15.8. The van der Waals surface area contributed by atoms with E-state index in [-0.39, 0.29) is 41.3 Å². The number of carbonyl (C=O) groups is 1. The Morgan fingerprint density at radius 3 is 2.61 bits per heavy atom. The normalized spacial score (nSPS) is 10.9. The lowest BCUT2D eigenvalue weighted by Crippen LogP contribution is -2.42. The summed E-state index contributed by atoms with van der Waals surface area (Å²) in [6.45, 7) is 2.37. The zero-order chi connectivity index (χ0) is 24.0. The number of hydrogen-bond donors (Lipinski definition) is 2. The first-order valence-corrected chi connectivity index (χ1v) is 11.7. The third-order valence-electron chi connectivity index (χ3n) is 4.96. The molecular formula is C23H24ClFN4O3S. The summed E-state index contributed by atoms with van der Waals surface area (Å²) in [5, 5.41) is -0.0380. The van der Waals surface area contributed by atoms with Crippen LogP contribution >= 0.6 is 23.4 Å². The topological polar surface area (TPSA) is 101 Å². The number of amides is 1. The summed E-state index contributed by atoms with van der Waals surface area (Å²) in [4.78, 5) is 42.5. The summed E-state index contributed by atoms with van der Waals surface area (Å²) in [7, 11) is 0. The molecule has 0 aliphatic carbocycles. The molecule has 0 saturated carbocycles. The van der Waals surface area contributed by atoms with Crippen molar-refractivity contribution in [1.82, 2.24) is 9.55 Å². The van der Waals surface area contributed by atoms with Gasteiger partial charge in [0, 0.05) is 11.4 Å². The van der Waals surface area contributed by atoms with Crippen molar-refractivity contribution in [3.63, 3.8) is 0 Å². The summed E-state index contributed by atoms with van der Waals surface area (Å²) in [5.41, 5.74) is 5.66. The van der Waals surface area contributed by atoms with Gasteiger partial charge in [0.2, 0.25) is 5.91 Å². The van der Waals surface area contributed by atoms with E-state index >= 15 is 0 Å². The van der Waals surface area contributed by atoms with Crippen molar-refractivity contribution < 1.29 is 9.18 Å². The van der Waals surface area contributed by atoms with Crippen molar-refractivity contribution >= 4 is 40.8 Å². The Bertz CT molecular complexity index is 1250. The quantitative estimate of drug-likeness (QED) is 0.443. The van der Waals surface area contributed by atoms with Crippen LogP contribution in [0.1, 0.15) is 25.3 Å². The van der Waals surface area contributed by atoms with Gasteiger partial charge in [-0.25, -0.2) is 9.18 Å². The minimum atomic E-state index is -0.721. The van der Waals surface area contributed by atoms with Gasteiger partial charge in [-0.2, -0.15) is 0 Å². The zero-order valence-corrected chi connectivity index (χ0v) is 19.6. The Hall–Kier alpha value is -3.04. The fraction of sp³-hybridized carbons (Fsp3) is 0.261. The van der Waals surface area contributed by atoms with Gasteiger partial charge in [-0.05, 0) is 30.2 Å². The zero-order valence-electron chi connectivity index (χ0n) is 18.0. The van der Waals surface area contributed by atoms with E-state index in [4.69, 9.17) is 17.3 Å². The molecule has 0 atom stereocenters. The van der Waals surface area contributed by atoms with Crippen molar-refractivity contribution in [2.24, 2.45) is 0 Å². The number of unbranched alkanes of at least 4 members (excludes halogenated alkanes) is 1. The fourth-order valence-electron chi connectivity index (χ4n) is 3.23. The summed E-state index contributed by atoms with van der Waals surface area (Å²) in [6.07, 6.45) is 1.42. The van der Waals surface area contributed by atoms with Crippen molar-refractivity contribution in [3.8, 4) is 0 Å². The maximum absolute atomic E-state index is 13.4. The molecule has 0 aliphatic rings. The standard InChI is InChI=1S/C23H24ClFN4O3S/c1-2-3-11-28(19(30)14-33-16-9-10-18(25)17(24)12-16)20-21(26)29(23(32)27-22(20)31)13-15-7-5-4-6-8-15/h4-10,12H,2-3,11,13-14,26H2,1H3,(H,27,31,32). The van der Waals surface area contributed by atoms with Gasteiger partial charge in [0.1, 0.15) is 11.6 Å². The lowest BCUT2D eigenvalue weighted by atomic mass is 10.2. The molecule has 1 amide bonds. The van der Waals surface area contributed by atoms with Gasteiger partial charge in [-0.1, -0.05) is 55.3 Å². The first kappa shape index (κ1) is 24.6. The lowest BCUT2D eigenvalue weighted by molar-refractivity contribution is -0.116. The number of thioether (sulfide) groups is 1. The number of halogens is 2. The van der Waals surface area contributed by atoms with Crippen LogP contribution in [-0.2, 0) is 11.3 Å². The molecule has 1 heterocycles. The molecule has 2 aromatic carbocycles. The van der Waals surface area contributed by atoms with Gasteiger partial charge in [0.05, 0.1) is 17.3 Å². The molecule has 3 rings (SSSR count). The third-order valence-corrected chi connectivity index (χ3v) is 6.23. The number of nitrogen functional groups attached to an aromatic ring is 1. The molecule has 0 aliphatic heterocycles. The molecule has 33 heavy (non-hydrogen) atoms. The molecule has 0 fully saturated rings. The second kappa shape index (κ2) is 11.2. The molecule has 0 radical (unpaired) electrons. The molecule has 1 aromatic heterocycles. The highest BCUT2D eigenvalue weighted by Gasteiger charge is 2.24. The molecule has 3 aromatic rings. The van der Waals surface area contributed by atoms with Gasteiger partial charge in [-0.15, -0.1) is 11.8 Å². The van der Waals surface area contributed by atoms with E-state index in [0.717, 1.165) is 12.0 Å². The number of benzene rings is 2. The largest absolute Gasteiger partial charge is 0.383 e. The summed E-state index contributed by atoms with van der Waals surface area (Å²) >= 11 is 6.98. The number of nitrogens with one attached hydrogen (secondary N) is 1. The van der Waals surface area contributed by atoms with Crippen molar-refractivity contribution in [2.45, 2.75) is 31.2 Å². The lowest BCUT2D eigenvalue weighted by Gasteiger charge is -2.24. The second-order valence-electron chi connectivity index (χ2n) is 7.33. The number of hydrogen-bond acceptors (Lipinski definition) is 5. The van der Waals surface area contributed by atoms with Crippen LogP contribution in [0.3, 0.4) is 0 Å². The van der Waals surface area contributed by atoms with Crippen molar-refractivity contribution in [3.05, 3.63) is 85.8 Å². The minimum absolute atomic E-state index is 0.0254. The minimum Gasteiger partial charge on any atom is -0.383 e. The Morgan fingerprint density at radius 1 is 1.21 bits per heavy atom. The van der Waals surface area contributed by atoms with Crippen LogP contribution in [0.5, 0.6) is 0 Å². The summed E-state index contributed by atoms with van der Waals surface area (Å²) < 4.78 is 14.6. The predicted molar refractivity (Wildman–Crippen MR) is 131 cm³/mol. The Labute approximate surface area is 199 Å². The molecule has 3 N–H and O–H groups in total. The highest BCUT2D eigenvalue weighted by atomic mass is 35.5. The van der Waals surface area contributed by atoms with Crippen molar-refractivity contribution in [1.29, 1.82) is 0 Å². The molecule has 0 spiro atoms. The van der Waals surface area contributed by atoms with E-state index in [1.54, 1.807) is 0 Å². The molecule has 10 heteroatoms. The van der Waals surface area contributed by atoms with Crippen LogP contribution in [0.2, 0.25) is 5.02 Å². The van der Waals surface area contributed by atoms with Crippen LogP contribution in [-0.4, -0.2) is 27.8 Å². The summed E-state index contributed by atoms with van der Waals surface area (Å²) in [6, 6.07) is 13.4. The summed E-state index contributed by atoms with van der Waals surface area (Å²) in [5.74, 6) is -1.01. The number of anilines is 2. The van der Waals surface area contributed by atoms with Gasteiger partial charge in [0.15, 0.2) is 5.69 Å². The number of nitrogens with two attached hydrogens (primary N) is 1. The molecule has 7 nitrogen and oxygen atoms in total. The number of carbonyl (C=O) groups excluding carboxylic acids is 1. The van der Waals surface area contributed by atoms with E-state index in [0.29, 0.717) is 11.3 Å². The van der Waals surface area contributed by atoms with E-state index < -0.39 is 17.1 Å². The predicted octanol–water partition coefficient (Wildman–Crippen LogP) is 3.89. The van der Waals surface area contributed by atoms with Crippen LogP contribution < -0.4 is 21.9 Å². The SMILES string of the molecule is CCCCN(C(=O)CSc1ccc(F)c(Cl)c1)c1c(N)n(Cc2ccccc2)c(=O)[nH]c1=O. The highest BCUT2D eigenvalue weighted by molar-refractivity contribution is 8.00. The average molecular weight is 491 g/mol. The van der Waals surface area contributed by atoms with Gasteiger partial charge < -0.3 is 10.6 Å². The number of aromatic amines is 1. The molecule has 0 unspecified atom stereocenters. The van der Waals surface area contributed by atoms with E-state index in [1.165, 1.54) is 39.4 Å². The monoisotopic (exact) mass is 490 g/mol. The first-order valence-electron chi connectivity index (χ1n) is 10.4. The van der Waals surface area contributed by atoms with Crippen LogP contribution in [0.25, 0.3) is 0 Å². The number of aromatic nitrogens is 2. The molecule has 174 valence electrons. The van der Waals surface area contributed by atoms with Crippen LogP contribution in [0.15, 0.2) is 63.0 Å². The van der Waals surface area contributed by atoms with E-state index in [1.807, 2.05) is 37.3 Å². The highest BCUT2D eigenvalue weighted by Crippen LogP contribution is 2.26. The molecule has 0 saturated heterocycles. The number of H-pyrrole nitrogens is 1. The number of nitrogens with zero attached hydrogens (tertiary/aromatic N) is 2. The number of rotatable bonds is 9. The Balaban J connectivity index is 1.92. The van der Waals surface area contributed by atoms with Gasteiger partial charge >= 0.3 is 5.69 Å². The average Bonchev–Trinajstić information content (AvgIpc) is 2.80.